The molecule has 0 saturated carbocycles. The fourth-order valence-electron chi connectivity index (χ4n) is 2.71. The van der Waals surface area contributed by atoms with E-state index in [1.165, 1.54) is 18.5 Å². The van der Waals surface area contributed by atoms with Crippen LogP contribution >= 0.6 is 0 Å². The lowest BCUT2D eigenvalue weighted by Crippen LogP contribution is -2.11. The summed E-state index contributed by atoms with van der Waals surface area (Å²) in [6.45, 7) is 2.56. The van der Waals surface area contributed by atoms with Crippen LogP contribution in [0.1, 0.15) is 30.6 Å². The van der Waals surface area contributed by atoms with E-state index in [0.29, 0.717) is 18.1 Å². The van der Waals surface area contributed by atoms with Crippen molar-refractivity contribution in [3.05, 3.63) is 78.0 Å². The minimum atomic E-state index is -0.284. The van der Waals surface area contributed by atoms with Crippen molar-refractivity contribution in [3.63, 3.8) is 0 Å². The van der Waals surface area contributed by atoms with E-state index in [1.807, 2.05) is 30.3 Å². The Morgan fingerprint density at radius 1 is 1.00 bits per heavy atom. The summed E-state index contributed by atoms with van der Waals surface area (Å²) in [7, 11) is 1.64. The molecule has 2 aromatic carbocycles. The highest BCUT2D eigenvalue weighted by Gasteiger charge is 2.11. The average molecular weight is 367 g/mol. The van der Waals surface area contributed by atoms with Crippen molar-refractivity contribution >= 4 is 5.82 Å². The molecule has 1 atom stereocenters. The lowest BCUT2D eigenvalue weighted by molar-refractivity contribution is 0.181. The number of hydrogen-bond donors (Lipinski definition) is 1. The Kier molecular flexibility index (Phi) is 6.33. The molecule has 0 aliphatic rings. The maximum atomic E-state index is 13.0. The first-order valence-electron chi connectivity index (χ1n) is 8.77. The molecule has 1 heterocycles. The monoisotopic (exact) mass is 367 g/mol. The highest BCUT2D eigenvalue weighted by molar-refractivity contribution is 5.40. The van der Waals surface area contributed by atoms with Gasteiger partial charge in [0.25, 0.3) is 0 Å². The maximum absolute atomic E-state index is 13.0. The summed E-state index contributed by atoms with van der Waals surface area (Å²) >= 11 is 0. The van der Waals surface area contributed by atoms with Gasteiger partial charge in [0, 0.05) is 13.2 Å². The Labute approximate surface area is 158 Å². The minimum Gasteiger partial charge on any atom is -0.457 e. The van der Waals surface area contributed by atoms with Crippen molar-refractivity contribution in [1.82, 2.24) is 9.97 Å². The number of aromatic nitrogens is 2. The van der Waals surface area contributed by atoms with Crippen LogP contribution in [0.5, 0.6) is 11.5 Å². The molecule has 1 N–H and O–H groups in total. The van der Waals surface area contributed by atoms with Crippen molar-refractivity contribution in [1.29, 1.82) is 0 Å². The standard InChI is InChI=1S/C21H22FN3O2/c1-3-20(25-21-12-17(13-26-2)23-14-24-21)15-4-8-18(9-5-15)27-19-10-6-16(22)7-11-19/h4-12,14,20H,3,13H2,1-2H3,(H,23,24,25). The van der Waals surface area contributed by atoms with E-state index in [2.05, 4.69) is 22.2 Å². The number of hydrogen-bond acceptors (Lipinski definition) is 5. The second-order valence-corrected chi connectivity index (χ2v) is 6.06. The second kappa shape index (κ2) is 9.09. The summed E-state index contributed by atoms with van der Waals surface area (Å²) in [5.74, 6) is 1.77. The largest absolute Gasteiger partial charge is 0.457 e. The van der Waals surface area contributed by atoms with E-state index >= 15 is 0 Å². The predicted molar refractivity (Wildman–Crippen MR) is 102 cm³/mol. The Bertz CT molecular complexity index is 854. The molecule has 140 valence electrons. The molecule has 0 aliphatic heterocycles. The van der Waals surface area contributed by atoms with Crippen LogP contribution in [0.3, 0.4) is 0 Å². The first kappa shape index (κ1) is 18.8. The zero-order valence-corrected chi connectivity index (χ0v) is 15.4. The first-order chi connectivity index (χ1) is 13.2. The Hall–Kier alpha value is -2.99. The van der Waals surface area contributed by atoms with E-state index in [0.717, 1.165) is 23.5 Å². The van der Waals surface area contributed by atoms with Crippen LogP contribution < -0.4 is 10.1 Å². The second-order valence-electron chi connectivity index (χ2n) is 6.06. The van der Waals surface area contributed by atoms with Gasteiger partial charge >= 0.3 is 0 Å². The molecule has 1 unspecified atom stereocenters. The predicted octanol–water partition coefficient (Wildman–Crippen LogP) is 5.12. The number of nitrogens with zero attached hydrogens (tertiary/aromatic N) is 2. The van der Waals surface area contributed by atoms with Crippen molar-refractivity contribution in [2.75, 3.05) is 12.4 Å². The highest BCUT2D eigenvalue weighted by atomic mass is 19.1. The zero-order chi connectivity index (χ0) is 19.1. The molecule has 6 heteroatoms. The zero-order valence-electron chi connectivity index (χ0n) is 15.4. The third-order valence-corrected chi connectivity index (χ3v) is 4.08. The summed E-state index contributed by atoms with van der Waals surface area (Å²) in [5.41, 5.74) is 1.95. The van der Waals surface area contributed by atoms with Gasteiger partial charge in [0.2, 0.25) is 0 Å². The lowest BCUT2D eigenvalue weighted by Gasteiger charge is -2.18. The smallest absolute Gasteiger partial charge is 0.130 e. The number of nitrogens with one attached hydrogen (secondary N) is 1. The highest BCUT2D eigenvalue weighted by Crippen LogP contribution is 2.26. The van der Waals surface area contributed by atoms with Crippen LogP contribution in [0.25, 0.3) is 0 Å². The van der Waals surface area contributed by atoms with Gasteiger partial charge in [-0.05, 0) is 48.4 Å². The lowest BCUT2D eigenvalue weighted by atomic mass is 10.0. The van der Waals surface area contributed by atoms with Crippen LogP contribution in [-0.4, -0.2) is 17.1 Å². The Morgan fingerprint density at radius 2 is 1.67 bits per heavy atom. The van der Waals surface area contributed by atoms with Crippen LogP contribution in [0.15, 0.2) is 60.9 Å². The summed E-state index contributed by atoms with van der Waals surface area (Å²) in [5, 5.41) is 3.43. The van der Waals surface area contributed by atoms with Crippen molar-refractivity contribution in [3.8, 4) is 11.5 Å². The molecule has 0 fully saturated rings. The molecule has 3 rings (SSSR count). The molecule has 0 bridgehead atoms. The topological polar surface area (TPSA) is 56.3 Å². The van der Waals surface area contributed by atoms with Crippen molar-refractivity contribution < 1.29 is 13.9 Å². The third kappa shape index (κ3) is 5.24. The fourth-order valence-corrected chi connectivity index (χ4v) is 2.71. The van der Waals surface area contributed by atoms with Crippen LogP contribution in [0.4, 0.5) is 10.2 Å². The molecule has 27 heavy (non-hydrogen) atoms. The van der Waals surface area contributed by atoms with Gasteiger partial charge < -0.3 is 14.8 Å². The summed E-state index contributed by atoms with van der Waals surface area (Å²) < 4.78 is 23.8. The van der Waals surface area contributed by atoms with E-state index < -0.39 is 0 Å². The molecular formula is C21H22FN3O2. The average Bonchev–Trinajstić information content (AvgIpc) is 2.69. The molecule has 3 aromatic rings. The molecule has 0 amide bonds. The fraction of sp³-hybridized carbons (Fsp3) is 0.238. The number of rotatable bonds is 8. The normalized spacial score (nSPS) is 11.8. The number of halogens is 1. The van der Waals surface area contributed by atoms with Crippen molar-refractivity contribution in [2.24, 2.45) is 0 Å². The van der Waals surface area contributed by atoms with Crippen LogP contribution in [0, 0.1) is 5.82 Å². The molecule has 0 spiro atoms. The number of methoxy groups -OCH3 is 1. The maximum Gasteiger partial charge on any atom is 0.130 e. The number of benzene rings is 2. The van der Waals surface area contributed by atoms with Crippen molar-refractivity contribution in [2.45, 2.75) is 26.0 Å². The summed E-state index contributed by atoms with van der Waals surface area (Å²) in [4.78, 5) is 8.46. The molecule has 0 radical (unpaired) electrons. The summed E-state index contributed by atoms with van der Waals surface area (Å²) in [6.07, 6.45) is 2.42. The van der Waals surface area contributed by atoms with Gasteiger partial charge in [-0.2, -0.15) is 0 Å². The number of ether oxygens (including phenoxy) is 2. The molecular weight excluding hydrogens is 345 g/mol. The SMILES string of the molecule is CCC(Nc1cc(COC)ncn1)c1ccc(Oc2ccc(F)cc2)cc1. The van der Waals surface area contributed by atoms with E-state index in [1.54, 1.807) is 19.2 Å². The third-order valence-electron chi connectivity index (χ3n) is 4.08. The van der Waals surface area contributed by atoms with Crippen LogP contribution in [-0.2, 0) is 11.3 Å². The quantitative estimate of drug-likeness (QED) is 0.599. The van der Waals surface area contributed by atoms with Gasteiger partial charge in [-0.3, -0.25) is 0 Å². The van der Waals surface area contributed by atoms with Gasteiger partial charge in [-0.25, -0.2) is 14.4 Å². The Balaban J connectivity index is 1.68. The van der Waals surface area contributed by atoms with E-state index in [9.17, 15) is 4.39 Å². The van der Waals surface area contributed by atoms with Gasteiger partial charge in [-0.15, -0.1) is 0 Å². The van der Waals surface area contributed by atoms with Gasteiger partial charge in [-0.1, -0.05) is 19.1 Å². The molecule has 0 aliphatic carbocycles. The Morgan fingerprint density at radius 3 is 2.30 bits per heavy atom. The number of anilines is 1. The molecule has 5 nitrogen and oxygen atoms in total. The first-order valence-corrected chi connectivity index (χ1v) is 8.77. The van der Waals surface area contributed by atoms with Gasteiger partial charge in [0.05, 0.1) is 18.3 Å². The molecule has 1 aromatic heterocycles. The van der Waals surface area contributed by atoms with Crippen LogP contribution in [0.2, 0.25) is 0 Å². The summed E-state index contributed by atoms with van der Waals surface area (Å²) in [6, 6.07) is 15.8. The molecule has 0 saturated heterocycles. The van der Waals surface area contributed by atoms with Gasteiger partial charge in [0.15, 0.2) is 0 Å². The minimum absolute atomic E-state index is 0.107. The van der Waals surface area contributed by atoms with Gasteiger partial charge in [0.1, 0.15) is 29.5 Å². The van der Waals surface area contributed by atoms with E-state index in [-0.39, 0.29) is 11.9 Å². The van der Waals surface area contributed by atoms with E-state index in [4.69, 9.17) is 9.47 Å².